The summed E-state index contributed by atoms with van der Waals surface area (Å²) in [6.07, 6.45) is 5.52. The number of hydrogen-bond donors (Lipinski definition) is 1. The van der Waals surface area contributed by atoms with E-state index in [9.17, 15) is 4.79 Å². The van der Waals surface area contributed by atoms with Crippen molar-refractivity contribution >= 4 is 17.7 Å². The van der Waals surface area contributed by atoms with Gasteiger partial charge in [-0.1, -0.05) is 42.5 Å². The first-order valence-corrected chi connectivity index (χ1v) is 9.18. The maximum absolute atomic E-state index is 12.1. The van der Waals surface area contributed by atoms with Gasteiger partial charge in [-0.3, -0.25) is 4.79 Å². The standard InChI is InChI=1S/C20H21N3OS/c1-16-5-2-3-8-19(16)25-14-20(24)22-12-17-6-4-7-18(11-17)13-23-10-9-21-15-23/h2-11,15H,12-14H2,1H3,(H,22,24). The number of imidazole rings is 1. The van der Waals surface area contributed by atoms with Crippen LogP contribution in [0.2, 0.25) is 0 Å². The first kappa shape index (κ1) is 17.3. The lowest BCUT2D eigenvalue weighted by Crippen LogP contribution is -2.24. The van der Waals surface area contributed by atoms with E-state index in [4.69, 9.17) is 0 Å². The summed E-state index contributed by atoms with van der Waals surface area (Å²) in [5.41, 5.74) is 3.50. The molecule has 3 aromatic rings. The summed E-state index contributed by atoms with van der Waals surface area (Å²) >= 11 is 1.57. The van der Waals surface area contributed by atoms with E-state index in [0.717, 1.165) is 17.0 Å². The molecule has 0 saturated carbocycles. The molecule has 128 valence electrons. The summed E-state index contributed by atoms with van der Waals surface area (Å²) in [6.45, 7) is 3.39. The van der Waals surface area contributed by atoms with Crippen LogP contribution >= 0.6 is 11.8 Å². The Morgan fingerprint density at radius 2 is 2.00 bits per heavy atom. The minimum atomic E-state index is 0.0493. The molecular weight excluding hydrogens is 330 g/mol. The number of amides is 1. The number of carbonyl (C=O) groups excluding carboxylic acids is 1. The lowest BCUT2D eigenvalue weighted by Gasteiger charge is -2.09. The Bertz CT molecular complexity index is 830. The number of hydrogen-bond acceptors (Lipinski definition) is 3. The zero-order valence-corrected chi connectivity index (χ0v) is 15.0. The lowest BCUT2D eigenvalue weighted by atomic mass is 10.1. The van der Waals surface area contributed by atoms with Crippen molar-refractivity contribution in [2.75, 3.05) is 5.75 Å². The van der Waals surface area contributed by atoms with Gasteiger partial charge < -0.3 is 9.88 Å². The molecule has 0 unspecified atom stereocenters. The van der Waals surface area contributed by atoms with Gasteiger partial charge in [-0.25, -0.2) is 4.98 Å². The Balaban J connectivity index is 1.49. The van der Waals surface area contributed by atoms with Gasteiger partial charge in [-0.2, -0.15) is 0 Å². The van der Waals surface area contributed by atoms with Gasteiger partial charge in [0.25, 0.3) is 0 Å². The number of nitrogens with zero attached hydrogens (tertiary/aromatic N) is 2. The van der Waals surface area contributed by atoms with Gasteiger partial charge in [0.15, 0.2) is 0 Å². The molecule has 0 saturated heterocycles. The average Bonchev–Trinajstić information content (AvgIpc) is 3.12. The third kappa shape index (κ3) is 5.22. The maximum atomic E-state index is 12.1. The molecule has 1 aromatic heterocycles. The third-order valence-corrected chi connectivity index (χ3v) is 5.03. The third-order valence-electron chi connectivity index (χ3n) is 3.86. The molecule has 1 N–H and O–H groups in total. The van der Waals surface area contributed by atoms with Crippen LogP contribution in [0.4, 0.5) is 0 Å². The van der Waals surface area contributed by atoms with Crippen LogP contribution in [0.1, 0.15) is 16.7 Å². The predicted molar refractivity (Wildman–Crippen MR) is 102 cm³/mol. The van der Waals surface area contributed by atoms with E-state index in [-0.39, 0.29) is 5.91 Å². The Morgan fingerprint density at radius 1 is 1.16 bits per heavy atom. The highest BCUT2D eigenvalue weighted by Crippen LogP contribution is 2.21. The lowest BCUT2D eigenvalue weighted by molar-refractivity contribution is -0.118. The second kappa shape index (κ2) is 8.53. The minimum Gasteiger partial charge on any atom is -0.351 e. The molecule has 5 heteroatoms. The molecule has 25 heavy (non-hydrogen) atoms. The molecule has 1 amide bonds. The number of thioether (sulfide) groups is 1. The SMILES string of the molecule is Cc1ccccc1SCC(=O)NCc1cccc(Cn2ccnc2)c1. The zero-order valence-electron chi connectivity index (χ0n) is 14.2. The fourth-order valence-corrected chi connectivity index (χ4v) is 3.40. The quantitative estimate of drug-likeness (QED) is 0.661. The van der Waals surface area contributed by atoms with Crippen LogP contribution in [0.15, 0.2) is 72.1 Å². The van der Waals surface area contributed by atoms with Crippen LogP contribution < -0.4 is 5.32 Å². The van der Waals surface area contributed by atoms with Crippen LogP contribution in [0.5, 0.6) is 0 Å². The molecule has 0 atom stereocenters. The molecule has 0 fully saturated rings. The second-order valence-electron chi connectivity index (χ2n) is 5.89. The zero-order chi connectivity index (χ0) is 17.5. The Hall–Kier alpha value is -2.53. The van der Waals surface area contributed by atoms with E-state index in [1.165, 1.54) is 11.1 Å². The first-order chi connectivity index (χ1) is 12.2. The van der Waals surface area contributed by atoms with Crippen LogP contribution in [-0.4, -0.2) is 21.2 Å². The monoisotopic (exact) mass is 351 g/mol. The molecule has 1 heterocycles. The van der Waals surface area contributed by atoms with Crippen molar-refractivity contribution in [1.82, 2.24) is 14.9 Å². The summed E-state index contributed by atoms with van der Waals surface area (Å²) in [4.78, 5) is 17.3. The normalized spacial score (nSPS) is 10.6. The number of aryl methyl sites for hydroxylation is 1. The summed E-state index contributed by atoms with van der Waals surface area (Å²) in [6, 6.07) is 16.4. The fraction of sp³-hybridized carbons (Fsp3) is 0.200. The van der Waals surface area contributed by atoms with Crippen molar-refractivity contribution in [1.29, 1.82) is 0 Å². The van der Waals surface area contributed by atoms with Gasteiger partial charge in [-0.05, 0) is 29.7 Å². The summed E-state index contributed by atoms with van der Waals surface area (Å²) < 4.78 is 2.02. The molecule has 0 spiro atoms. The molecule has 0 bridgehead atoms. The van der Waals surface area contributed by atoms with Crippen molar-refractivity contribution < 1.29 is 4.79 Å². The number of benzene rings is 2. The van der Waals surface area contributed by atoms with E-state index in [1.54, 1.807) is 24.3 Å². The Kier molecular flexibility index (Phi) is 5.90. The average molecular weight is 351 g/mol. The largest absolute Gasteiger partial charge is 0.351 e. The van der Waals surface area contributed by atoms with E-state index in [1.807, 2.05) is 41.1 Å². The molecule has 2 aromatic carbocycles. The highest BCUT2D eigenvalue weighted by Gasteiger charge is 2.05. The summed E-state index contributed by atoms with van der Waals surface area (Å²) in [7, 11) is 0. The van der Waals surface area contributed by atoms with Crippen molar-refractivity contribution in [3.05, 3.63) is 83.9 Å². The van der Waals surface area contributed by atoms with Gasteiger partial charge in [0.05, 0.1) is 12.1 Å². The maximum Gasteiger partial charge on any atom is 0.230 e. The molecule has 0 aliphatic rings. The number of nitrogens with one attached hydrogen (secondary N) is 1. The van der Waals surface area contributed by atoms with Crippen LogP contribution in [0.3, 0.4) is 0 Å². The first-order valence-electron chi connectivity index (χ1n) is 8.19. The Morgan fingerprint density at radius 3 is 2.80 bits per heavy atom. The summed E-state index contributed by atoms with van der Waals surface area (Å²) in [5, 5.41) is 3.00. The van der Waals surface area contributed by atoms with Gasteiger partial charge in [0, 0.05) is 30.4 Å². The van der Waals surface area contributed by atoms with Crippen molar-refractivity contribution in [2.45, 2.75) is 24.9 Å². The van der Waals surface area contributed by atoms with E-state index in [2.05, 4.69) is 35.4 Å². The van der Waals surface area contributed by atoms with Gasteiger partial charge >= 0.3 is 0 Å². The molecule has 0 aliphatic heterocycles. The van der Waals surface area contributed by atoms with Crippen LogP contribution in [0.25, 0.3) is 0 Å². The van der Waals surface area contributed by atoms with Gasteiger partial charge in [-0.15, -0.1) is 11.8 Å². The second-order valence-corrected chi connectivity index (χ2v) is 6.90. The highest BCUT2D eigenvalue weighted by molar-refractivity contribution is 8.00. The van der Waals surface area contributed by atoms with Gasteiger partial charge in [0.2, 0.25) is 5.91 Å². The van der Waals surface area contributed by atoms with E-state index < -0.39 is 0 Å². The molecule has 0 radical (unpaired) electrons. The number of rotatable bonds is 7. The molecule has 0 aliphatic carbocycles. The van der Waals surface area contributed by atoms with Crippen LogP contribution in [0, 0.1) is 6.92 Å². The summed E-state index contributed by atoms with van der Waals surface area (Å²) in [5.74, 6) is 0.479. The predicted octanol–water partition coefficient (Wildman–Crippen LogP) is 3.65. The molecule has 3 rings (SSSR count). The molecular formula is C20H21N3OS. The van der Waals surface area contributed by atoms with Crippen molar-refractivity contribution in [2.24, 2.45) is 0 Å². The molecule has 4 nitrogen and oxygen atoms in total. The topological polar surface area (TPSA) is 46.9 Å². The number of aromatic nitrogens is 2. The number of carbonyl (C=O) groups is 1. The van der Waals surface area contributed by atoms with E-state index >= 15 is 0 Å². The van der Waals surface area contributed by atoms with Gasteiger partial charge in [0.1, 0.15) is 0 Å². The van der Waals surface area contributed by atoms with Crippen molar-refractivity contribution in [3.63, 3.8) is 0 Å². The fourth-order valence-electron chi connectivity index (χ4n) is 2.54. The smallest absolute Gasteiger partial charge is 0.230 e. The van der Waals surface area contributed by atoms with Crippen LogP contribution in [-0.2, 0) is 17.9 Å². The minimum absolute atomic E-state index is 0.0493. The Labute approximate surface area is 152 Å². The van der Waals surface area contributed by atoms with Crippen molar-refractivity contribution in [3.8, 4) is 0 Å². The highest BCUT2D eigenvalue weighted by atomic mass is 32.2. The van der Waals surface area contributed by atoms with E-state index in [0.29, 0.717) is 12.3 Å².